The van der Waals surface area contributed by atoms with Gasteiger partial charge in [0, 0.05) is 0 Å². The van der Waals surface area contributed by atoms with E-state index >= 15 is 0 Å². The number of hydrogen-bond acceptors (Lipinski definition) is 2. The Bertz CT molecular complexity index is 149. The summed E-state index contributed by atoms with van der Waals surface area (Å²) in [4.78, 5) is 0. The van der Waals surface area contributed by atoms with E-state index in [9.17, 15) is 8.42 Å². The molecule has 60 valence electrons. The zero-order chi connectivity index (χ0) is 7.40. The van der Waals surface area contributed by atoms with Crippen LogP contribution < -0.4 is 0 Å². The minimum atomic E-state index is -2.12. The zero-order valence-electron chi connectivity index (χ0n) is 6.08. The maximum atomic E-state index is 10.3. The van der Waals surface area contributed by atoms with Crippen molar-refractivity contribution < 1.29 is 8.42 Å². The van der Waals surface area contributed by atoms with Gasteiger partial charge in [-0.15, -0.1) is 0 Å². The second-order valence-electron chi connectivity index (χ2n) is 3.02. The summed E-state index contributed by atoms with van der Waals surface area (Å²) < 4.78 is 20.6. The van der Waals surface area contributed by atoms with E-state index in [4.69, 9.17) is 0 Å². The fraction of sp³-hybridized carbons (Fsp3) is 1.00. The van der Waals surface area contributed by atoms with E-state index < -0.39 is 10.7 Å². The summed E-state index contributed by atoms with van der Waals surface area (Å²) in [7, 11) is -2.12. The molecule has 1 fully saturated rings. The van der Waals surface area contributed by atoms with Gasteiger partial charge in [0.1, 0.15) is 10.7 Å². The van der Waals surface area contributed by atoms with Gasteiger partial charge >= 0.3 is 0 Å². The first kappa shape index (κ1) is 8.05. The van der Waals surface area contributed by atoms with Crippen LogP contribution in [0.25, 0.3) is 0 Å². The van der Waals surface area contributed by atoms with Gasteiger partial charge in [-0.1, -0.05) is 19.3 Å². The Hall–Kier alpha value is -0.0500. The molecule has 0 atom stereocenters. The molecule has 0 aromatic rings. The molecule has 1 saturated carbocycles. The van der Waals surface area contributed by atoms with Crippen LogP contribution in [0, 0.1) is 5.92 Å². The molecule has 0 N–H and O–H groups in total. The smallest absolute Gasteiger partial charge is 0.140 e. The molecular weight excluding hydrogens is 148 g/mol. The van der Waals surface area contributed by atoms with E-state index in [1.165, 1.54) is 19.3 Å². The topological polar surface area (TPSA) is 34.1 Å². The van der Waals surface area contributed by atoms with Gasteiger partial charge in [-0.2, -0.15) is 0 Å². The fourth-order valence-electron chi connectivity index (χ4n) is 1.58. The van der Waals surface area contributed by atoms with Crippen molar-refractivity contribution in [3.63, 3.8) is 0 Å². The first-order valence-electron chi connectivity index (χ1n) is 3.91. The van der Waals surface area contributed by atoms with E-state index in [0.717, 1.165) is 12.8 Å². The van der Waals surface area contributed by atoms with Crippen LogP contribution in [0.1, 0.15) is 32.1 Å². The van der Waals surface area contributed by atoms with Crippen molar-refractivity contribution >= 4 is 10.7 Å². The maximum absolute atomic E-state index is 10.3. The number of rotatable bonds is 2. The SMILES string of the molecule is O=[SH](=O)CC1CCCCC1. The highest BCUT2D eigenvalue weighted by molar-refractivity contribution is 7.72. The predicted molar refractivity (Wildman–Crippen MR) is 41.8 cm³/mol. The summed E-state index contributed by atoms with van der Waals surface area (Å²) in [6.07, 6.45) is 6.01. The molecular formula is C7H14O2S. The molecule has 0 heterocycles. The van der Waals surface area contributed by atoms with Crippen molar-refractivity contribution in [1.29, 1.82) is 0 Å². The highest BCUT2D eigenvalue weighted by atomic mass is 32.2. The minimum absolute atomic E-state index is 0.426. The van der Waals surface area contributed by atoms with Gasteiger partial charge < -0.3 is 0 Å². The molecule has 0 amide bonds. The Morgan fingerprint density at radius 1 is 1.10 bits per heavy atom. The second kappa shape index (κ2) is 3.96. The Kier molecular flexibility index (Phi) is 3.19. The lowest BCUT2D eigenvalue weighted by molar-refractivity contribution is 0.387. The van der Waals surface area contributed by atoms with E-state index in [1.54, 1.807) is 0 Å². The van der Waals surface area contributed by atoms with E-state index in [2.05, 4.69) is 0 Å². The average Bonchev–Trinajstić information content (AvgIpc) is 1.88. The van der Waals surface area contributed by atoms with Gasteiger partial charge in [-0.3, -0.25) is 0 Å². The summed E-state index contributed by atoms with van der Waals surface area (Å²) in [6.45, 7) is 0. The molecule has 0 saturated heterocycles. The standard InChI is InChI=1S/C7H14O2S/c8-10(9)6-7-4-2-1-3-5-7/h7,10H,1-6H2. The van der Waals surface area contributed by atoms with Crippen LogP contribution in [0.4, 0.5) is 0 Å². The van der Waals surface area contributed by atoms with Gasteiger partial charge in [-0.25, -0.2) is 8.42 Å². The van der Waals surface area contributed by atoms with Crippen LogP contribution in [0.2, 0.25) is 0 Å². The van der Waals surface area contributed by atoms with Crippen LogP contribution in [0.5, 0.6) is 0 Å². The molecule has 0 spiro atoms. The first-order valence-corrected chi connectivity index (χ1v) is 5.27. The monoisotopic (exact) mass is 162 g/mol. The van der Waals surface area contributed by atoms with Gasteiger partial charge in [0.25, 0.3) is 0 Å². The molecule has 3 heteroatoms. The third kappa shape index (κ3) is 2.69. The van der Waals surface area contributed by atoms with Crippen LogP contribution in [0.15, 0.2) is 0 Å². The quantitative estimate of drug-likeness (QED) is 0.619. The number of hydrogen-bond donors (Lipinski definition) is 1. The Balaban J connectivity index is 2.26. The second-order valence-corrected chi connectivity index (χ2v) is 4.05. The van der Waals surface area contributed by atoms with Crippen LogP contribution in [-0.2, 0) is 10.7 Å². The molecule has 1 aliphatic carbocycles. The van der Waals surface area contributed by atoms with Gasteiger partial charge in [0.2, 0.25) is 0 Å². The summed E-state index contributed by atoms with van der Waals surface area (Å²) >= 11 is 0. The average molecular weight is 162 g/mol. The summed E-state index contributed by atoms with van der Waals surface area (Å²) in [5, 5.41) is 0. The van der Waals surface area contributed by atoms with E-state index in [0.29, 0.717) is 11.7 Å². The van der Waals surface area contributed by atoms with Crippen LogP contribution in [0.3, 0.4) is 0 Å². The van der Waals surface area contributed by atoms with Crippen LogP contribution >= 0.6 is 0 Å². The highest BCUT2D eigenvalue weighted by Crippen LogP contribution is 2.23. The van der Waals surface area contributed by atoms with Crippen molar-refractivity contribution in [2.24, 2.45) is 5.92 Å². The molecule has 0 radical (unpaired) electrons. The van der Waals surface area contributed by atoms with Crippen molar-refractivity contribution in [3.05, 3.63) is 0 Å². The Labute approximate surface area is 63.6 Å². The van der Waals surface area contributed by atoms with E-state index in [-0.39, 0.29) is 0 Å². The lowest BCUT2D eigenvalue weighted by Gasteiger charge is -2.18. The third-order valence-corrected chi connectivity index (χ3v) is 2.95. The largest absolute Gasteiger partial charge is 0.232 e. The molecule has 0 unspecified atom stereocenters. The molecule has 2 nitrogen and oxygen atoms in total. The van der Waals surface area contributed by atoms with Gasteiger partial charge in [0.05, 0.1) is 5.75 Å². The Morgan fingerprint density at radius 3 is 2.20 bits per heavy atom. The summed E-state index contributed by atoms with van der Waals surface area (Å²) in [5.41, 5.74) is 0. The molecule has 0 aromatic carbocycles. The van der Waals surface area contributed by atoms with Crippen molar-refractivity contribution in [3.8, 4) is 0 Å². The molecule has 1 aliphatic rings. The predicted octanol–water partition coefficient (Wildman–Crippen LogP) is 1.18. The fourth-order valence-corrected chi connectivity index (χ4v) is 2.37. The van der Waals surface area contributed by atoms with Gasteiger partial charge in [0.15, 0.2) is 0 Å². The molecule has 0 bridgehead atoms. The van der Waals surface area contributed by atoms with Crippen molar-refractivity contribution in [1.82, 2.24) is 0 Å². The molecule has 1 rings (SSSR count). The zero-order valence-corrected chi connectivity index (χ0v) is 6.98. The highest BCUT2D eigenvalue weighted by Gasteiger charge is 2.13. The van der Waals surface area contributed by atoms with Gasteiger partial charge in [-0.05, 0) is 18.8 Å². The van der Waals surface area contributed by atoms with Crippen molar-refractivity contribution in [2.75, 3.05) is 5.75 Å². The molecule has 0 aliphatic heterocycles. The van der Waals surface area contributed by atoms with E-state index in [1.807, 2.05) is 0 Å². The maximum Gasteiger partial charge on any atom is 0.140 e. The first-order chi connectivity index (χ1) is 4.79. The number of thiol groups is 1. The lowest BCUT2D eigenvalue weighted by atomic mass is 9.91. The normalized spacial score (nSPS) is 21.7. The summed E-state index contributed by atoms with van der Waals surface area (Å²) in [5.74, 6) is 0.907. The van der Waals surface area contributed by atoms with Crippen molar-refractivity contribution in [2.45, 2.75) is 32.1 Å². The molecule has 10 heavy (non-hydrogen) atoms. The third-order valence-electron chi connectivity index (χ3n) is 2.13. The Morgan fingerprint density at radius 2 is 1.70 bits per heavy atom. The molecule has 0 aromatic heterocycles. The summed E-state index contributed by atoms with van der Waals surface area (Å²) in [6, 6.07) is 0. The van der Waals surface area contributed by atoms with Crippen LogP contribution in [-0.4, -0.2) is 14.2 Å². The minimum Gasteiger partial charge on any atom is -0.232 e. The lowest BCUT2D eigenvalue weighted by Crippen LogP contribution is -2.11.